The maximum absolute atomic E-state index is 4.71. The van der Waals surface area contributed by atoms with Crippen molar-refractivity contribution in [3.05, 3.63) is 109 Å². The molecule has 0 N–H and O–H groups in total. The third kappa shape index (κ3) is 2.84. The Morgan fingerprint density at radius 2 is 1.16 bits per heavy atom. The van der Waals surface area contributed by atoms with Crippen LogP contribution in [0.5, 0.6) is 0 Å². The van der Waals surface area contributed by atoms with Gasteiger partial charge in [-0.05, 0) is 62.0 Å². The van der Waals surface area contributed by atoms with Gasteiger partial charge in [0.05, 0.1) is 17.6 Å². The fourth-order valence-corrected chi connectivity index (χ4v) is 4.95. The molecule has 0 aliphatic rings. The summed E-state index contributed by atoms with van der Waals surface area (Å²) in [7, 11) is 0. The third-order valence-corrected chi connectivity index (χ3v) is 6.47. The second kappa shape index (κ2) is 7.35. The Morgan fingerprint density at radius 1 is 0.594 bits per heavy atom. The van der Waals surface area contributed by atoms with Crippen LogP contribution in [0.4, 0.5) is 0 Å². The first-order valence-corrected chi connectivity index (χ1v) is 11.2. The van der Waals surface area contributed by atoms with Gasteiger partial charge in [-0.25, -0.2) is 4.68 Å². The summed E-state index contributed by atoms with van der Waals surface area (Å²) in [6.07, 6.45) is 1.90. The molecule has 0 amide bonds. The van der Waals surface area contributed by atoms with Gasteiger partial charge in [-0.3, -0.25) is 0 Å². The number of rotatable bonds is 3. The zero-order valence-corrected chi connectivity index (χ0v) is 18.3. The quantitative estimate of drug-likeness (QED) is 0.268. The number of fused-ring (bicyclic) bond motifs is 6. The molecule has 154 valence electrons. The summed E-state index contributed by atoms with van der Waals surface area (Å²) in [5, 5.41) is 12.5. The fourth-order valence-electron chi connectivity index (χ4n) is 4.95. The molecule has 0 saturated carbocycles. The van der Waals surface area contributed by atoms with E-state index in [0.29, 0.717) is 5.92 Å². The van der Waals surface area contributed by atoms with Crippen LogP contribution in [-0.2, 0) is 0 Å². The van der Waals surface area contributed by atoms with E-state index in [0.717, 1.165) is 11.4 Å². The average molecular weight is 413 g/mol. The van der Waals surface area contributed by atoms with Crippen LogP contribution < -0.4 is 0 Å². The predicted octanol–water partition coefficient (Wildman–Crippen LogP) is 8.12. The molecular weight excluding hydrogens is 388 g/mol. The van der Waals surface area contributed by atoms with E-state index < -0.39 is 0 Å². The molecule has 1 heterocycles. The molecule has 0 saturated heterocycles. The van der Waals surface area contributed by atoms with Crippen molar-refractivity contribution in [1.82, 2.24) is 9.78 Å². The number of nitrogens with zero attached hydrogens (tertiary/aromatic N) is 2. The molecule has 0 bridgehead atoms. The van der Waals surface area contributed by atoms with Gasteiger partial charge in [0.15, 0.2) is 0 Å². The number of para-hydroxylation sites is 1. The van der Waals surface area contributed by atoms with Crippen molar-refractivity contribution in [3.8, 4) is 16.9 Å². The van der Waals surface area contributed by atoms with Gasteiger partial charge >= 0.3 is 0 Å². The largest absolute Gasteiger partial charge is 0.233 e. The van der Waals surface area contributed by atoms with Gasteiger partial charge in [-0.15, -0.1) is 0 Å². The molecule has 0 aliphatic carbocycles. The smallest absolute Gasteiger partial charge is 0.0741 e. The second-order valence-corrected chi connectivity index (χ2v) is 8.69. The zero-order chi connectivity index (χ0) is 21.7. The number of hydrogen-bond donors (Lipinski definition) is 0. The number of aromatic nitrogens is 2. The van der Waals surface area contributed by atoms with E-state index in [1.54, 1.807) is 0 Å². The highest BCUT2D eigenvalue weighted by Crippen LogP contribution is 2.37. The van der Waals surface area contributed by atoms with Crippen LogP contribution in [0, 0.1) is 0 Å². The average Bonchev–Trinajstić information content (AvgIpc) is 3.34. The molecule has 32 heavy (non-hydrogen) atoms. The Balaban J connectivity index is 1.64. The van der Waals surface area contributed by atoms with E-state index >= 15 is 0 Å². The van der Waals surface area contributed by atoms with Crippen molar-refractivity contribution in [2.45, 2.75) is 19.8 Å². The Kier molecular flexibility index (Phi) is 4.32. The first-order chi connectivity index (χ1) is 15.7. The fraction of sp³-hybridized carbons (Fsp3) is 0.100. The van der Waals surface area contributed by atoms with Crippen LogP contribution in [0.1, 0.15) is 25.3 Å². The van der Waals surface area contributed by atoms with Gasteiger partial charge in [0.1, 0.15) is 0 Å². The highest BCUT2D eigenvalue weighted by Gasteiger charge is 2.15. The molecule has 2 heteroatoms. The van der Waals surface area contributed by atoms with Crippen LogP contribution in [0.3, 0.4) is 0 Å². The third-order valence-electron chi connectivity index (χ3n) is 6.47. The van der Waals surface area contributed by atoms with E-state index in [2.05, 4.69) is 116 Å². The van der Waals surface area contributed by atoms with E-state index in [4.69, 9.17) is 5.10 Å². The van der Waals surface area contributed by atoms with Gasteiger partial charge in [-0.1, -0.05) is 92.7 Å². The Labute approximate surface area is 187 Å². The van der Waals surface area contributed by atoms with Crippen molar-refractivity contribution < 1.29 is 0 Å². The molecule has 1 aromatic heterocycles. The summed E-state index contributed by atoms with van der Waals surface area (Å²) in [4.78, 5) is 0. The summed E-state index contributed by atoms with van der Waals surface area (Å²) in [5.41, 5.74) is 4.73. The van der Waals surface area contributed by atoms with E-state index in [-0.39, 0.29) is 0 Å². The molecular formula is C30H24N2. The van der Waals surface area contributed by atoms with E-state index in [9.17, 15) is 0 Å². The van der Waals surface area contributed by atoms with Crippen LogP contribution >= 0.6 is 0 Å². The molecule has 2 nitrogen and oxygen atoms in total. The lowest BCUT2D eigenvalue weighted by atomic mass is 9.93. The number of benzene rings is 5. The minimum atomic E-state index is 0.426. The molecule has 0 fully saturated rings. The van der Waals surface area contributed by atoms with Crippen molar-refractivity contribution in [3.63, 3.8) is 0 Å². The molecule has 0 radical (unpaired) electrons. The summed E-state index contributed by atoms with van der Waals surface area (Å²) in [5.74, 6) is 0.426. The van der Waals surface area contributed by atoms with Crippen molar-refractivity contribution in [1.29, 1.82) is 0 Å². The lowest BCUT2D eigenvalue weighted by Crippen LogP contribution is -2.04. The normalized spacial score (nSPS) is 11.7. The molecule has 6 aromatic rings. The zero-order valence-electron chi connectivity index (χ0n) is 18.3. The lowest BCUT2D eigenvalue weighted by Gasteiger charge is -2.16. The second-order valence-electron chi connectivity index (χ2n) is 8.69. The van der Waals surface area contributed by atoms with Crippen LogP contribution in [-0.4, -0.2) is 9.78 Å². The minimum absolute atomic E-state index is 0.426. The van der Waals surface area contributed by atoms with Crippen LogP contribution in [0.25, 0.3) is 49.3 Å². The first-order valence-electron chi connectivity index (χ1n) is 11.2. The van der Waals surface area contributed by atoms with Gasteiger partial charge in [0.2, 0.25) is 0 Å². The maximum atomic E-state index is 4.71. The molecule has 0 spiro atoms. The number of hydrogen-bond acceptors (Lipinski definition) is 1. The topological polar surface area (TPSA) is 17.8 Å². The predicted molar refractivity (Wildman–Crippen MR) is 136 cm³/mol. The van der Waals surface area contributed by atoms with Crippen molar-refractivity contribution in [2.75, 3.05) is 0 Å². The highest BCUT2D eigenvalue weighted by atomic mass is 15.3. The Bertz CT molecular complexity index is 1570. The summed E-state index contributed by atoms with van der Waals surface area (Å²) in [6, 6.07) is 34.9. The minimum Gasteiger partial charge on any atom is -0.233 e. The van der Waals surface area contributed by atoms with Gasteiger partial charge in [0.25, 0.3) is 0 Å². The Morgan fingerprint density at radius 3 is 1.81 bits per heavy atom. The lowest BCUT2D eigenvalue weighted by molar-refractivity contribution is 0.812. The van der Waals surface area contributed by atoms with E-state index in [1.807, 2.05) is 6.20 Å². The summed E-state index contributed by atoms with van der Waals surface area (Å²) >= 11 is 0. The molecule has 0 atom stereocenters. The van der Waals surface area contributed by atoms with Gasteiger partial charge in [-0.2, -0.15) is 5.10 Å². The SMILES string of the molecule is CC(C)c1ccccc1-n1nccc1-c1ccc2c3ccccc3c3ccccc3c2c1. The van der Waals surface area contributed by atoms with Gasteiger partial charge < -0.3 is 0 Å². The first kappa shape index (κ1) is 18.8. The van der Waals surface area contributed by atoms with Crippen LogP contribution in [0.2, 0.25) is 0 Å². The standard InChI is InChI=1S/C30H24N2/c1-20(2)22-9-7-8-14-30(22)32-29(17-18-31-32)21-15-16-27-25-12-4-3-10-23(25)24-11-5-6-13-26(24)28(27)19-21/h3-20H,1-2H3. The highest BCUT2D eigenvalue weighted by molar-refractivity contribution is 6.25. The Hall–Kier alpha value is -3.91. The monoisotopic (exact) mass is 412 g/mol. The molecule has 5 aromatic carbocycles. The van der Waals surface area contributed by atoms with Gasteiger partial charge in [0, 0.05) is 5.56 Å². The van der Waals surface area contributed by atoms with Crippen molar-refractivity contribution in [2.24, 2.45) is 0 Å². The summed E-state index contributed by atoms with van der Waals surface area (Å²) < 4.78 is 2.08. The molecule has 0 unspecified atom stereocenters. The summed E-state index contributed by atoms with van der Waals surface area (Å²) in [6.45, 7) is 4.46. The maximum Gasteiger partial charge on any atom is 0.0741 e. The molecule has 6 rings (SSSR count). The van der Waals surface area contributed by atoms with Crippen LogP contribution in [0.15, 0.2) is 103 Å². The van der Waals surface area contributed by atoms with E-state index in [1.165, 1.54) is 43.4 Å². The molecule has 0 aliphatic heterocycles. The van der Waals surface area contributed by atoms with Crippen molar-refractivity contribution >= 4 is 32.3 Å².